The Balaban J connectivity index is 2.11. The fourth-order valence-corrected chi connectivity index (χ4v) is 3.10. The summed E-state index contributed by atoms with van der Waals surface area (Å²) in [5.41, 5.74) is 2.71. The molecule has 1 atom stereocenters. The Hall–Kier alpha value is -1.88. The number of aromatic nitrogens is 1. The summed E-state index contributed by atoms with van der Waals surface area (Å²) in [4.78, 5) is 14.4. The van der Waals surface area contributed by atoms with Crippen molar-refractivity contribution in [1.82, 2.24) is 9.27 Å². The van der Waals surface area contributed by atoms with Gasteiger partial charge in [0.1, 0.15) is 5.00 Å². The van der Waals surface area contributed by atoms with Crippen molar-refractivity contribution in [2.45, 2.75) is 19.8 Å². The number of hydrogen-bond acceptors (Lipinski definition) is 4. The van der Waals surface area contributed by atoms with Gasteiger partial charge in [-0.05, 0) is 29.9 Å². The van der Waals surface area contributed by atoms with Crippen LogP contribution in [0.5, 0.6) is 0 Å². The lowest BCUT2D eigenvalue weighted by atomic mass is 10.0. The molecule has 0 saturated heterocycles. The van der Waals surface area contributed by atoms with E-state index in [9.17, 15) is 4.79 Å². The first-order chi connectivity index (χ1) is 10.0. The molecule has 0 aliphatic heterocycles. The van der Waals surface area contributed by atoms with Crippen molar-refractivity contribution in [3.05, 3.63) is 47.2 Å². The second kappa shape index (κ2) is 6.72. The van der Waals surface area contributed by atoms with E-state index in [4.69, 9.17) is 0 Å². The van der Waals surface area contributed by atoms with Crippen molar-refractivity contribution in [2.24, 2.45) is 0 Å². The quantitative estimate of drug-likeness (QED) is 0.921. The Morgan fingerprint density at radius 2 is 2.05 bits per heavy atom. The van der Waals surface area contributed by atoms with E-state index in [1.165, 1.54) is 17.1 Å². The van der Waals surface area contributed by atoms with Gasteiger partial charge in [-0.3, -0.25) is 4.79 Å². The first kappa shape index (κ1) is 15.5. The van der Waals surface area contributed by atoms with Crippen LogP contribution in [0.25, 0.3) is 0 Å². The van der Waals surface area contributed by atoms with E-state index < -0.39 is 0 Å². The van der Waals surface area contributed by atoms with Gasteiger partial charge in [0.2, 0.25) is 0 Å². The summed E-state index contributed by atoms with van der Waals surface area (Å²) in [7, 11) is 3.66. The SMILES string of the molecule is CNc1snc(C)c1C(=O)N(C)CC(C)c1ccccc1. The number of carbonyl (C=O) groups excluding carboxylic acids is 1. The van der Waals surface area contributed by atoms with E-state index in [1.807, 2.05) is 39.2 Å². The van der Waals surface area contributed by atoms with Crippen molar-refractivity contribution in [1.29, 1.82) is 0 Å². The van der Waals surface area contributed by atoms with Crippen LogP contribution in [0.2, 0.25) is 0 Å². The molecule has 0 aliphatic rings. The number of nitrogens with one attached hydrogen (secondary N) is 1. The van der Waals surface area contributed by atoms with Crippen molar-refractivity contribution in [3.63, 3.8) is 0 Å². The lowest BCUT2D eigenvalue weighted by Gasteiger charge is -2.22. The third-order valence-electron chi connectivity index (χ3n) is 3.57. The second-order valence-corrected chi connectivity index (χ2v) is 5.99. The monoisotopic (exact) mass is 303 g/mol. The van der Waals surface area contributed by atoms with Crippen molar-refractivity contribution in [2.75, 3.05) is 26.0 Å². The van der Waals surface area contributed by atoms with Gasteiger partial charge in [0.05, 0.1) is 11.3 Å². The van der Waals surface area contributed by atoms with Crippen LogP contribution < -0.4 is 5.32 Å². The zero-order valence-corrected chi connectivity index (χ0v) is 13.7. The maximum Gasteiger partial charge on any atom is 0.258 e. The number of hydrogen-bond donors (Lipinski definition) is 1. The number of nitrogens with zero attached hydrogens (tertiary/aromatic N) is 2. The molecule has 1 N–H and O–H groups in total. The van der Waals surface area contributed by atoms with Gasteiger partial charge in [0, 0.05) is 20.6 Å². The third-order valence-corrected chi connectivity index (χ3v) is 4.52. The molecule has 1 heterocycles. The van der Waals surface area contributed by atoms with Gasteiger partial charge in [-0.15, -0.1) is 0 Å². The molecule has 4 nitrogen and oxygen atoms in total. The summed E-state index contributed by atoms with van der Waals surface area (Å²) in [6, 6.07) is 10.3. The highest BCUT2D eigenvalue weighted by Gasteiger charge is 2.22. The minimum absolute atomic E-state index is 0.0216. The summed E-state index contributed by atoms with van der Waals surface area (Å²) in [5.74, 6) is 0.318. The highest BCUT2D eigenvalue weighted by Crippen LogP contribution is 2.26. The van der Waals surface area contributed by atoms with Gasteiger partial charge in [0.15, 0.2) is 0 Å². The molecule has 1 unspecified atom stereocenters. The van der Waals surface area contributed by atoms with Crippen molar-refractivity contribution in [3.8, 4) is 0 Å². The van der Waals surface area contributed by atoms with Gasteiger partial charge < -0.3 is 10.2 Å². The van der Waals surface area contributed by atoms with Crippen molar-refractivity contribution >= 4 is 22.4 Å². The van der Waals surface area contributed by atoms with Crippen LogP contribution in [0, 0.1) is 6.92 Å². The first-order valence-corrected chi connectivity index (χ1v) is 7.76. The average molecular weight is 303 g/mol. The molecule has 1 amide bonds. The highest BCUT2D eigenvalue weighted by atomic mass is 32.1. The standard InChI is InChI=1S/C16H21N3OS/c1-11(13-8-6-5-7-9-13)10-19(4)16(20)14-12(2)18-21-15(14)17-3/h5-9,11,17H,10H2,1-4H3. The van der Waals surface area contributed by atoms with Gasteiger partial charge in [0.25, 0.3) is 5.91 Å². The predicted octanol–water partition coefficient (Wildman–Crippen LogP) is 3.37. The summed E-state index contributed by atoms with van der Waals surface area (Å²) in [6.07, 6.45) is 0. The van der Waals surface area contributed by atoms with E-state index in [1.54, 1.807) is 4.90 Å². The van der Waals surface area contributed by atoms with Gasteiger partial charge >= 0.3 is 0 Å². The number of aryl methyl sites for hydroxylation is 1. The lowest BCUT2D eigenvalue weighted by molar-refractivity contribution is 0.0788. The second-order valence-electron chi connectivity index (χ2n) is 5.22. The van der Waals surface area contributed by atoms with Crippen LogP contribution in [0.3, 0.4) is 0 Å². The summed E-state index contributed by atoms with van der Waals surface area (Å²) in [5, 5.41) is 3.88. The largest absolute Gasteiger partial charge is 0.378 e. The van der Waals surface area contributed by atoms with E-state index in [0.717, 1.165) is 10.7 Å². The molecule has 5 heteroatoms. The Morgan fingerprint density at radius 3 is 2.67 bits per heavy atom. The molecule has 0 saturated carbocycles. The molecule has 112 valence electrons. The minimum Gasteiger partial charge on any atom is -0.378 e. The van der Waals surface area contributed by atoms with E-state index in [-0.39, 0.29) is 5.91 Å². The molecule has 1 aromatic heterocycles. The Morgan fingerprint density at radius 1 is 1.38 bits per heavy atom. The zero-order valence-electron chi connectivity index (χ0n) is 12.9. The first-order valence-electron chi connectivity index (χ1n) is 6.99. The average Bonchev–Trinajstić information content (AvgIpc) is 2.88. The molecule has 1 aromatic carbocycles. The van der Waals surface area contributed by atoms with Crippen molar-refractivity contribution < 1.29 is 4.79 Å². The highest BCUT2D eigenvalue weighted by molar-refractivity contribution is 7.10. The smallest absolute Gasteiger partial charge is 0.258 e. The van der Waals surface area contributed by atoms with Gasteiger partial charge in [-0.25, -0.2) is 0 Å². The van der Waals surface area contributed by atoms with E-state index in [2.05, 4.69) is 28.7 Å². The Bertz CT molecular complexity index is 609. The predicted molar refractivity (Wildman–Crippen MR) is 88.2 cm³/mol. The van der Waals surface area contributed by atoms with Crippen LogP contribution in [-0.4, -0.2) is 35.8 Å². The summed E-state index contributed by atoms with van der Waals surface area (Å²) >= 11 is 1.33. The molecule has 0 aliphatic carbocycles. The fraction of sp³-hybridized carbons (Fsp3) is 0.375. The normalized spacial score (nSPS) is 12.0. The third kappa shape index (κ3) is 3.42. The van der Waals surface area contributed by atoms with Crippen LogP contribution in [0.4, 0.5) is 5.00 Å². The Kier molecular flexibility index (Phi) is 4.96. The number of amides is 1. The van der Waals surface area contributed by atoms with Gasteiger partial charge in [-0.1, -0.05) is 37.3 Å². The van der Waals surface area contributed by atoms with Crippen LogP contribution >= 0.6 is 11.5 Å². The molecular weight excluding hydrogens is 282 g/mol. The van der Waals surface area contributed by atoms with Gasteiger partial charge in [-0.2, -0.15) is 4.37 Å². The molecule has 0 spiro atoms. The number of carbonyl (C=O) groups is 1. The van der Waals surface area contributed by atoms with E-state index in [0.29, 0.717) is 18.0 Å². The number of benzene rings is 1. The summed E-state index contributed by atoms with van der Waals surface area (Å²) < 4.78 is 4.26. The molecule has 0 fully saturated rings. The van der Waals surface area contributed by atoms with Crippen LogP contribution in [-0.2, 0) is 0 Å². The van der Waals surface area contributed by atoms with Crippen LogP contribution in [0.1, 0.15) is 34.5 Å². The minimum atomic E-state index is 0.0216. The number of anilines is 1. The molecule has 2 rings (SSSR count). The fourth-order valence-electron chi connectivity index (χ4n) is 2.36. The van der Waals surface area contributed by atoms with E-state index >= 15 is 0 Å². The molecular formula is C16H21N3OS. The number of likely N-dealkylation sites (N-methyl/N-ethyl adjacent to an activating group) is 1. The van der Waals surface area contributed by atoms with Crippen LogP contribution in [0.15, 0.2) is 30.3 Å². The maximum atomic E-state index is 12.6. The topological polar surface area (TPSA) is 45.2 Å². The molecule has 0 bridgehead atoms. The zero-order chi connectivity index (χ0) is 15.4. The Labute approximate surface area is 130 Å². The number of rotatable bonds is 5. The lowest BCUT2D eigenvalue weighted by Crippen LogP contribution is -2.31. The molecule has 0 radical (unpaired) electrons. The molecule has 21 heavy (non-hydrogen) atoms. The maximum absolute atomic E-state index is 12.6. The molecule has 2 aromatic rings. The summed E-state index contributed by atoms with van der Waals surface area (Å²) in [6.45, 7) is 4.69.